The van der Waals surface area contributed by atoms with Gasteiger partial charge < -0.3 is 4.90 Å². The van der Waals surface area contributed by atoms with E-state index < -0.39 is 0 Å². The van der Waals surface area contributed by atoms with Gasteiger partial charge in [0.05, 0.1) is 11.1 Å². The van der Waals surface area contributed by atoms with Crippen LogP contribution in [0.25, 0.3) is 10.9 Å². The van der Waals surface area contributed by atoms with Crippen molar-refractivity contribution in [2.45, 2.75) is 6.92 Å². The van der Waals surface area contributed by atoms with Gasteiger partial charge in [-0.3, -0.25) is 0 Å². The molecule has 1 aromatic heterocycles. The second kappa shape index (κ2) is 3.82. The first-order chi connectivity index (χ1) is 7.61. The van der Waals surface area contributed by atoms with Crippen molar-refractivity contribution >= 4 is 16.7 Å². The minimum absolute atomic E-state index is 0.614. The van der Waals surface area contributed by atoms with E-state index >= 15 is 0 Å². The lowest BCUT2D eigenvalue weighted by Crippen LogP contribution is -2.12. The zero-order valence-corrected chi connectivity index (χ0v) is 9.65. The Kier molecular flexibility index (Phi) is 2.49. The number of benzene rings is 1. The van der Waals surface area contributed by atoms with Crippen molar-refractivity contribution in [3.05, 3.63) is 35.4 Å². The number of aromatic nitrogens is 1. The van der Waals surface area contributed by atoms with Crippen molar-refractivity contribution in [2.24, 2.45) is 0 Å². The smallest absolute Gasteiger partial charge is 0.146 e. The van der Waals surface area contributed by atoms with Crippen LogP contribution in [-0.2, 0) is 0 Å². The van der Waals surface area contributed by atoms with E-state index in [1.807, 2.05) is 50.2 Å². The molecule has 2 rings (SSSR count). The van der Waals surface area contributed by atoms with E-state index in [1.54, 1.807) is 0 Å². The molecule has 3 heteroatoms. The molecule has 2 aromatic rings. The zero-order valence-electron chi connectivity index (χ0n) is 9.65. The van der Waals surface area contributed by atoms with Gasteiger partial charge in [0.15, 0.2) is 0 Å². The summed E-state index contributed by atoms with van der Waals surface area (Å²) in [6, 6.07) is 10.1. The molecule has 0 N–H and O–H groups in total. The van der Waals surface area contributed by atoms with Gasteiger partial charge in [0.2, 0.25) is 0 Å². The van der Waals surface area contributed by atoms with Gasteiger partial charge >= 0.3 is 0 Å². The van der Waals surface area contributed by atoms with Gasteiger partial charge in [0, 0.05) is 19.5 Å². The van der Waals surface area contributed by atoms with E-state index in [0.717, 1.165) is 16.7 Å². The fourth-order valence-electron chi connectivity index (χ4n) is 1.71. The SMILES string of the molecule is Cc1ccc2nc(N(C)C)c(C#N)cc2c1. The molecule has 0 radical (unpaired) electrons. The van der Waals surface area contributed by atoms with E-state index in [4.69, 9.17) is 5.26 Å². The number of fused-ring (bicyclic) bond motifs is 1. The van der Waals surface area contributed by atoms with Crippen molar-refractivity contribution < 1.29 is 0 Å². The summed E-state index contributed by atoms with van der Waals surface area (Å²) in [7, 11) is 3.78. The van der Waals surface area contributed by atoms with E-state index in [1.165, 1.54) is 5.56 Å². The van der Waals surface area contributed by atoms with Crippen LogP contribution in [0.2, 0.25) is 0 Å². The number of hydrogen-bond donors (Lipinski definition) is 0. The molecule has 0 aliphatic rings. The monoisotopic (exact) mass is 211 g/mol. The first kappa shape index (κ1) is 10.4. The Morgan fingerprint density at radius 1 is 1.25 bits per heavy atom. The van der Waals surface area contributed by atoms with E-state index in [9.17, 15) is 0 Å². The maximum Gasteiger partial charge on any atom is 0.146 e. The topological polar surface area (TPSA) is 39.9 Å². The summed E-state index contributed by atoms with van der Waals surface area (Å²) < 4.78 is 0. The minimum atomic E-state index is 0.614. The van der Waals surface area contributed by atoms with Crippen LogP contribution in [0, 0.1) is 18.3 Å². The Bertz CT molecular complexity index is 579. The highest BCUT2D eigenvalue weighted by Gasteiger charge is 2.08. The Hall–Kier alpha value is -2.08. The van der Waals surface area contributed by atoms with Gasteiger partial charge in [0.1, 0.15) is 11.9 Å². The lowest BCUT2D eigenvalue weighted by Gasteiger charge is -2.13. The summed E-state index contributed by atoms with van der Waals surface area (Å²) in [5.74, 6) is 0.721. The number of nitriles is 1. The van der Waals surface area contributed by atoms with Crippen molar-refractivity contribution in [1.82, 2.24) is 4.98 Å². The van der Waals surface area contributed by atoms with Gasteiger partial charge in [0.25, 0.3) is 0 Å². The molecule has 0 amide bonds. The Morgan fingerprint density at radius 3 is 2.62 bits per heavy atom. The molecular formula is C13H13N3. The predicted molar refractivity (Wildman–Crippen MR) is 65.5 cm³/mol. The van der Waals surface area contributed by atoms with Crippen molar-refractivity contribution in [2.75, 3.05) is 19.0 Å². The highest BCUT2D eigenvalue weighted by atomic mass is 15.1. The lowest BCUT2D eigenvalue weighted by atomic mass is 10.1. The van der Waals surface area contributed by atoms with Crippen LogP contribution < -0.4 is 4.90 Å². The number of pyridine rings is 1. The average Bonchev–Trinajstić information content (AvgIpc) is 2.26. The lowest BCUT2D eigenvalue weighted by molar-refractivity contribution is 1.07. The van der Waals surface area contributed by atoms with Crippen LogP contribution >= 0.6 is 0 Å². The molecule has 0 aliphatic carbocycles. The molecule has 0 aliphatic heterocycles. The number of nitrogens with zero attached hydrogens (tertiary/aromatic N) is 3. The van der Waals surface area contributed by atoms with Gasteiger partial charge in [-0.25, -0.2) is 4.98 Å². The van der Waals surface area contributed by atoms with Crippen molar-refractivity contribution in [1.29, 1.82) is 5.26 Å². The van der Waals surface area contributed by atoms with Gasteiger partial charge in [-0.05, 0) is 25.1 Å². The first-order valence-electron chi connectivity index (χ1n) is 5.10. The van der Waals surface area contributed by atoms with Crippen molar-refractivity contribution in [3.8, 4) is 6.07 Å². The maximum absolute atomic E-state index is 9.08. The van der Waals surface area contributed by atoms with Crippen LogP contribution in [0.5, 0.6) is 0 Å². The Morgan fingerprint density at radius 2 is 2.00 bits per heavy atom. The molecule has 0 fully saturated rings. The Balaban J connectivity index is 2.76. The zero-order chi connectivity index (χ0) is 11.7. The first-order valence-corrected chi connectivity index (χ1v) is 5.10. The third-order valence-electron chi connectivity index (χ3n) is 2.49. The van der Waals surface area contributed by atoms with Crippen LogP contribution in [0.3, 0.4) is 0 Å². The van der Waals surface area contributed by atoms with E-state index in [2.05, 4.69) is 11.1 Å². The second-order valence-electron chi connectivity index (χ2n) is 4.06. The molecule has 80 valence electrons. The summed E-state index contributed by atoms with van der Waals surface area (Å²) in [6.07, 6.45) is 0. The largest absolute Gasteiger partial charge is 0.362 e. The quantitative estimate of drug-likeness (QED) is 0.727. The molecule has 1 aromatic carbocycles. The molecular weight excluding hydrogens is 198 g/mol. The van der Waals surface area contributed by atoms with Crippen molar-refractivity contribution in [3.63, 3.8) is 0 Å². The third kappa shape index (κ3) is 1.70. The standard InChI is InChI=1S/C13H13N3/c1-9-4-5-12-10(6-9)7-11(8-14)13(15-12)16(2)3/h4-7H,1-3H3. The average molecular weight is 211 g/mol. The molecule has 0 unspecified atom stereocenters. The van der Waals surface area contributed by atoms with Crippen LogP contribution in [0.1, 0.15) is 11.1 Å². The third-order valence-corrected chi connectivity index (χ3v) is 2.49. The van der Waals surface area contributed by atoms with Gasteiger partial charge in [-0.15, -0.1) is 0 Å². The summed E-state index contributed by atoms with van der Waals surface area (Å²) in [5.41, 5.74) is 2.71. The normalized spacial score (nSPS) is 10.1. The Labute approximate surface area is 94.9 Å². The maximum atomic E-state index is 9.08. The molecule has 0 bridgehead atoms. The summed E-state index contributed by atoms with van der Waals surface area (Å²) >= 11 is 0. The molecule has 0 saturated carbocycles. The number of anilines is 1. The molecule has 3 nitrogen and oxygen atoms in total. The summed E-state index contributed by atoms with van der Waals surface area (Å²) in [6.45, 7) is 2.03. The molecule has 0 saturated heterocycles. The molecule has 16 heavy (non-hydrogen) atoms. The molecule has 1 heterocycles. The predicted octanol–water partition coefficient (Wildman–Crippen LogP) is 2.48. The highest BCUT2D eigenvalue weighted by molar-refractivity contribution is 5.83. The second-order valence-corrected chi connectivity index (χ2v) is 4.06. The van der Waals surface area contributed by atoms with E-state index in [0.29, 0.717) is 5.56 Å². The number of rotatable bonds is 1. The fourth-order valence-corrected chi connectivity index (χ4v) is 1.71. The van der Waals surface area contributed by atoms with Gasteiger partial charge in [-0.2, -0.15) is 5.26 Å². The summed E-state index contributed by atoms with van der Waals surface area (Å²) in [4.78, 5) is 6.35. The molecule has 0 atom stereocenters. The van der Waals surface area contributed by atoms with Gasteiger partial charge in [-0.1, -0.05) is 11.6 Å². The van der Waals surface area contributed by atoms with Crippen LogP contribution in [0.15, 0.2) is 24.3 Å². The van der Waals surface area contributed by atoms with Crippen LogP contribution in [-0.4, -0.2) is 19.1 Å². The van der Waals surface area contributed by atoms with Crippen LogP contribution in [0.4, 0.5) is 5.82 Å². The number of aryl methyl sites for hydroxylation is 1. The number of hydrogen-bond acceptors (Lipinski definition) is 3. The fraction of sp³-hybridized carbons (Fsp3) is 0.231. The minimum Gasteiger partial charge on any atom is -0.362 e. The van der Waals surface area contributed by atoms with E-state index in [-0.39, 0.29) is 0 Å². The molecule has 0 spiro atoms. The summed E-state index contributed by atoms with van der Waals surface area (Å²) in [5, 5.41) is 10.1. The highest BCUT2D eigenvalue weighted by Crippen LogP contribution is 2.22.